The van der Waals surface area contributed by atoms with Crippen LogP contribution >= 0.6 is 0 Å². The summed E-state index contributed by atoms with van der Waals surface area (Å²) in [5, 5.41) is 21.4. The van der Waals surface area contributed by atoms with Gasteiger partial charge in [-0.3, -0.25) is 4.79 Å². The molecule has 0 aliphatic carbocycles. The lowest BCUT2D eigenvalue weighted by molar-refractivity contribution is 0.00253. The van der Waals surface area contributed by atoms with Crippen LogP contribution in [0.25, 0.3) is 0 Å². The molecule has 5 heteroatoms. The molecule has 1 aromatic rings. The van der Waals surface area contributed by atoms with E-state index in [4.69, 9.17) is 10.8 Å². The number of nitrogens with two attached hydrogens (primary N) is 1. The van der Waals surface area contributed by atoms with Gasteiger partial charge in [0.1, 0.15) is 0 Å². The number of rotatable bonds is 6. The lowest BCUT2D eigenvalue weighted by Gasteiger charge is -2.20. The van der Waals surface area contributed by atoms with Crippen molar-refractivity contribution < 1.29 is 15.0 Å². The molecule has 0 aliphatic rings. The van der Waals surface area contributed by atoms with Crippen LogP contribution in [0.4, 0.5) is 0 Å². The molecule has 5 N–H and O–H groups in total. The van der Waals surface area contributed by atoms with E-state index in [0.717, 1.165) is 5.56 Å². The van der Waals surface area contributed by atoms with Crippen LogP contribution in [0.5, 0.6) is 0 Å². The highest BCUT2D eigenvalue weighted by molar-refractivity contribution is 5.92. The highest BCUT2D eigenvalue weighted by Gasteiger charge is 2.17. The molecule has 5 nitrogen and oxygen atoms in total. The average molecular weight is 238 g/mol. The van der Waals surface area contributed by atoms with Gasteiger partial charge in [-0.05, 0) is 24.6 Å². The van der Waals surface area contributed by atoms with Crippen LogP contribution < -0.4 is 11.1 Å². The number of aliphatic hydroxyl groups is 2. The van der Waals surface area contributed by atoms with Gasteiger partial charge in [0.15, 0.2) is 0 Å². The maximum Gasteiger partial charge on any atom is 0.248 e. The molecular formula is C12H18N2O3. The third kappa shape index (κ3) is 4.52. The summed E-state index contributed by atoms with van der Waals surface area (Å²) in [5.41, 5.74) is 5.39. The Labute approximate surface area is 100 Å². The second-order valence-electron chi connectivity index (χ2n) is 4.32. The van der Waals surface area contributed by atoms with Crippen molar-refractivity contribution in [2.45, 2.75) is 19.1 Å². The second-order valence-corrected chi connectivity index (χ2v) is 4.32. The zero-order valence-corrected chi connectivity index (χ0v) is 9.81. The van der Waals surface area contributed by atoms with Gasteiger partial charge in [0, 0.05) is 18.7 Å². The Morgan fingerprint density at radius 1 is 1.53 bits per heavy atom. The minimum absolute atomic E-state index is 0.268. The van der Waals surface area contributed by atoms with Crippen molar-refractivity contribution in [2.24, 2.45) is 5.73 Å². The van der Waals surface area contributed by atoms with Crippen molar-refractivity contribution in [2.75, 3.05) is 13.2 Å². The van der Waals surface area contributed by atoms with Crippen molar-refractivity contribution in [3.63, 3.8) is 0 Å². The predicted molar refractivity (Wildman–Crippen MR) is 64.4 cm³/mol. The lowest BCUT2D eigenvalue weighted by Crippen LogP contribution is -2.40. The molecule has 0 aromatic heterocycles. The van der Waals surface area contributed by atoms with Gasteiger partial charge in [0.2, 0.25) is 5.91 Å². The molecule has 0 fully saturated rings. The zero-order chi connectivity index (χ0) is 12.9. The first-order valence-corrected chi connectivity index (χ1v) is 5.37. The summed E-state index contributed by atoms with van der Waals surface area (Å²) in [4.78, 5) is 11.0. The van der Waals surface area contributed by atoms with Gasteiger partial charge in [0.25, 0.3) is 0 Å². The average Bonchev–Trinajstić information content (AvgIpc) is 2.29. The van der Waals surface area contributed by atoms with Crippen LogP contribution in [0.2, 0.25) is 0 Å². The fraction of sp³-hybridized carbons (Fsp3) is 0.417. The standard InChI is InChI=1S/C12H18N2O3/c1-12(17,8-15)7-14-6-9-3-2-4-10(5-9)11(13)16/h2-5,14-15,17H,6-8H2,1H3,(H2,13,16). The van der Waals surface area contributed by atoms with Gasteiger partial charge in [0.05, 0.1) is 12.2 Å². The van der Waals surface area contributed by atoms with Crippen LogP contribution in [0.15, 0.2) is 24.3 Å². The third-order valence-corrected chi connectivity index (χ3v) is 2.39. The largest absolute Gasteiger partial charge is 0.393 e. The molecule has 1 amide bonds. The van der Waals surface area contributed by atoms with Crippen molar-refractivity contribution in [3.05, 3.63) is 35.4 Å². The normalized spacial score (nSPS) is 14.3. The highest BCUT2D eigenvalue weighted by atomic mass is 16.3. The summed E-state index contributed by atoms with van der Waals surface area (Å²) in [6.07, 6.45) is 0. The Hall–Kier alpha value is -1.43. The molecule has 0 bridgehead atoms. The Morgan fingerprint density at radius 2 is 2.24 bits per heavy atom. The summed E-state index contributed by atoms with van der Waals surface area (Å²) in [7, 11) is 0. The number of hydrogen-bond acceptors (Lipinski definition) is 4. The van der Waals surface area contributed by atoms with Gasteiger partial charge in [-0.25, -0.2) is 0 Å². The number of hydrogen-bond donors (Lipinski definition) is 4. The first kappa shape index (κ1) is 13.6. The van der Waals surface area contributed by atoms with E-state index in [1.165, 1.54) is 0 Å². The van der Waals surface area contributed by atoms with Crippen molar-refractivity contribution >= 4 is 5.91 Å². The van der Waals surface area contributed by atoms with Gasteiger partial charge >= 0.3 is 0 Å². The molecule has 0 heterocycles. The maximum atomic E-state index is 11.0. The molecule has 1 aromatic carbocycles. The molecular weight excluding hydrogens is 220 g/mol. The first-order valence-electron chi connectivity index (χ1n) is 5.37. The lowest BCUT2D eigenvalue weighted by atomic mass is 10.1. The number of benzene rings is 1. The van der Waals surface area contributed by atoms with Gasteiger partial charge in [-0.2, -0.15) is 0 Å². The predicted octanol–water partition coefficient (Wildman–Crippen LogP) is -0.382. The number of aliphatic hydroxyl groups excluding tert-OH is 1. The van der Waals surface area contributed by atoms with Crippen LogP contribution in [0.1, 0.15) is 22.8 Å². The molecule has 94 valence electrons. The van der Waals surface area contributed by atoms with E-state index in [9.17, 15) is 9.90 Å². The van der Waals surface area contributed by atoms with Crippen LogP contribution in [-0.2, 0) is 6.54 Å². The topological polar surface area (TPSA) is 95.6 Å². The Kier molecular flexibility index (Phi) is 4.62. The molecule has 1 rings (SSSR count). The molecule has 0 saturated carbocycles. The van der Waals surface area contributed by atoms with Gasteiger partial charge in [-0.1, -0.05) is 12.1 Å². The summed E-state index contributed by atoms with van der Waals surface area (Å²) < 4.78 is 0. The summed E-state index contributed by atoms with van der Waals surface area (Å²) in [6, 6.07) is 6.95. The van der Waals surface area contributed by atoms with Gasteiger partial charge < -0.3 is 21.3 Å². The van der Waals surface area contributed by atoms with Crippen LogP contribution in [0.3, 0.4) is 0 Å². The smallest absolute Gasteiger partial charge is 0.248 e. The fourth-order valence-corrected chi connectivity index (χ4v) is 1.37. The van der Waals surface area contributed by atoms with E-state index in [0.29, 0.717) is 12.1 Å². The minimum atomic E-state index is -1.14. The molecule has 17 heavy (non-hydrogen) atoms. The number of nitrogens with one attached hydrogen (secondary N) is 1. The monoisotopic (exact) mass is 238 g/mol. The third-order valence-electron chi connectivity index (χ3n) is 2.39. The second kappa shape index (κ2) is 5.77. The number of primary amides is 1. The van der Waals surface area contributed by atoms with E-state index in [1.807, 2.05) is 6.07 Å². The Bertz CT molecular complexity index is 391. The van der Waals surface area contributed by atoms with Crippen molar-refractivity contribution in [1.29, 1.82) is 0 Å². The molecule has 0 aliphatic heterocycles. The molecule has 0 radical (unpaired) electrons. The Balaban J connectivity index is 2.52. The molecule has 0 saturated heterocycles. The zero-order valence-electron chi connectivity index (χ0n) is 9.81. The van der Waals surface area contributed by atoms with Crippen LogP contribution in [0, 0.1) is 0 Å². The van der Waals surface area contributed by atoms with E-state index in [-0.39, 0.29) is 13.2 Å². The van der Waals surface area contributed by atoms with Crippen molar-refractivity contribution in [1.82, 2.24) is 5.32 Å². The van der Waals surface area contributed by atoms with E-state index in [1.54, 1.807) is 25.1 Å². The Morgan fingerprint density at radius 3 is 2.82 bits per heavy atom. The van der Waals surface area contributed by atoms with Crippen LogP contribution in [-0.4, -0.2) is 34.9 Å². The first-order chi connectivity index (χ1) is 7.94. The highest BCUT2D eigenvalue weighted by Crippen LogP contribution is 2.05. The van der Waals surface area contributed by atoms with E-state index in [2.05, 4.69) is 5.32 Å². The van der Waals surface area contributed by atoms with Gasteiger partial charge in [-0.15, -0.1) is 0 Å². The molecule has 1 unspecified atom stereocenters. The number of carbonyl (C=O) groups is 1. The maximum absolute atomic E-state index is 11.0. The summed E-state index contributed by atoms with van der Waals surface area (Å²) >= 11 is 0. The molecule has 0 spiro atoms. The van der Waals surface area contributed by atoms with E-state index >= 15 is 0 Å². The quantitative estimate of drug-likeness (QED) is 0.543. The minimum Gasteiger partial charge on any atom is -0.393 e. The van der Waals surface area contributed by atoms with Crippen molar-refractivity contribution in [3.8, 4) is 0 Å². The summed E-state index contributed by atoms with van der Waals surface area (Å²) in [5.74, 6) is -0.464. The fourth-order valence-electron chi connectivity index (χ4n) is 1.37. The number of carbonyl (C=O) groups excluding carboxylic acids is 1. The summed E-state index contributed by atoms with van der Waals surface area (Å²) in [6.45, 7) is 2.00. The number of amides is 1. The van der Waals surface area contributed by atoms with E-state index < -0.39 is 11.5 Å². The SMILES string of the molecule is CC(O)(CO)CNCc1cccc(C(N)=O)c1. The molecule has 1 atom stereocenters.